The Morgan fingerprint density at radius 1 is 0.776 bits per heavy atom. The average molecular weight is 859 g/mol. The molecule has 0 bridgehead atoms. The molecule has 0 aliphatic carbocycles. The summed E-state index contributed by atoms with van der Waals surface area (Å²) in [7, 11) is -2.27. The van der Waals surface area contributed by atoms with Gasteiger partial charge in [0.1, 0.15) is 11.6 Å². The van der Waals surface area contributed by atoms with Crippen LogP contribution in [-0.4, -0.2) is 84.0 Å². The quantitative estimate of drug-likeness (QED) is 0.153. The van der Waals surface area contributed by atoms with Crippen molar-refractivity contribution in [1.29, 1.82) is 0 Å². The minimum Gasteiger partial charge on any atom is -0.381 e. The van der Waals surface area contributed by atoms with Gasteiger partial charge in [-0.3, -0.25) is 4.79 Å². The van der Waals surface area contributed by atoms with Crippen molar-refractivity contribution in [3.05, 3.63) is 65.5 Å². The normalized spacial score (nSPS) is 16.4. The van der Waals surface area contributed by atoms with E-state index >= 15 is 0 Å². The van der Waals surface area contributed by atoms with Gasteiger partial charge in [-0.1, -0.05) is 41.5 Å². The van der Waals surface area contributed by atoms with Gasteiger partial charge in [0.05, 0.1) is 49.3 Å². The molecular weight excluding hydrogens is 802 g/mol. The lowest BCUT2D eigenvalue weighted by Crippen LogP contribution is -2.25. The van der Waals surface area contributed by atoms with E-state index in [1.165, 1.54) is 6.20 Å². The zero-order chi connectivity index (χ0) is 42.2. The molecule has 5 aromatic rings. The Bertz CT molecular complexity index is 2500. The number of amides is 1. The summed E-state index contributed by atoms with van der Waals surface area (Å²) in [6, 6.07) is 9.95. The third kappa shape index (κ3) is 9.62. The fraction of sp³-hybridized carbons (Fsp3) is 0.561. The molecule has 2 saturated heterocycles. The molecule has 0 saturated carbocycles. The first-order valence-corrected chi connectivity index (χ1v) is 23.6. The Kier molecular flexibility index (Phi) is 12.8. The number of carbonyl (C=O) groups excluding carboxylic acids is 1. The van der Waals surface area contributed by atoms with Crippen LogP contribution in [0.25, 0.3) is 22.1 Å². The first-order chi connectivity index (χ1) is 27.2. The highest BCUT2D eigenvalue weighted by molar-refractivity contribution is 8.13. The monoisotopic (exact) mass is 857 g/mol. The van der Waals surface area contributed by atoms with Crippen LogP contribution in [0, 0.1) is 18.8 Å². The van der Waals surface area contributed by atoms with E-state index in [0.717, 1.165) is 92.0 Å². The maximum atomic E-state index is 13.3. The maximum Gasteiger partial charge on any atom is 0.283 e. The molecule has 0 spiro atoms. The Morgan fingerprint density at radius 3 is 1.66 bits per heavy atom. The standard InChI is InChI=1S/C24H33N5O4S.C17H23ClN2O3S/c1-6-25-22(30)19-15-29(27-16(19)2)34(31,32)18-7-8-21-20(13-18)26-23(24(3,4)5)28(21)14-17-9-11-33-12-10-17;1-17(2,3)16-19-14-10-13(24(18,21)22)4-5-15(14)20(16)11-12-6-8-23-9-7-12/h7-8,13,15,17H,6,9-12,14H2,1-5H3,(H,25,30);4-5,10,12H,6-9,11H2,1-3H3. The van der Waals surface area contributed by atoms with Crippen LogP contribution >= 0.6 is 10.7 Å². The molecule has 2 fully saturated rings. The zero-order valence-corrected chi connectivity index (χ0v) is 37.1. The van der Waals surface area contributed by atoms with Crippen molar-refractivity contribution in [2.45, 2.75) is 115 Å². The van der Waals surface area contributed by atoms with Gasteiger partial charge in [-0.15, -0.1) is 0 Å². The molecule has 0 unspecified atom stereocenters. The average Bonchev–Trinajstić information content (AvgIpc) is 3.86. The molecule has 2 aliphatic rings. The van der Waals surface area contributed by atoms with Gasteiger partial charge in [0.2, 0.25) is 0 Å². The van der Waals surface area contributed by atoms with E-state index in [9.17, 15) is 21.6 Å². The van der Waals surface area contributed by atoms with Crippen LogP contribution in [-0.2, 0) is 52.5 Å². The highest BCUT2D eigenvalue weighted by Crippen LogP contribution is 2.33. The number of aromatic nitrogens is 6. The molecule has 1 amide bonds. The van der Waals surface area contributed by atoms with Crippen molar-refractivity contribution in [2.24, 2.45) is 11.8 Å². The number of aryl methyl sites for hydroxylation is 1. The third-order valence-electron chi connectivity index (χ3n) is 10.6. The second-order valence-corrected chi connectivity index (χ2v) is 21.7. The topological polar surface area (TPSA) is 169 Å². The number of benzene rings is 2. The predicted octanol–water partition coefficient (Wildman–Crippen LogP) is 6.94. The van der Waals surface area contributed by atoms with E-state index in [-0.39, 0.29) is 32.1 Å². The van der Waals surface area contributed by atoms with Gasteiger partial charge >= 0.3 is 0 Å². The molecule has 2 aromatic carbocycles. The SMILES string of the molecule is CC(C)(C)c1nc2cc(S(=O)(=O)Cl)ccc2n1CC1CCOCC1.CCNC(=O)c1cn(S(=O)(=O)c2ccc3c(c2)nc(C(C)(C)C)n3CC2CCOCC2)nc1C. The van der Waals surface area contributed by atoms with Gasteiger partial charge in [0, 0.05) is 67.6 Å². The van der Waals surface area contributed by atoms with Crippen LogP contribution in [0.4, 0.5) is 0 Å². The van der Waals surface area contributed by atoms with Gasteiger partial charge in [-0.25, -0.2) is 18.4 Å². The van der Waals surface area contributed by atoms with E-state index < -0.39 is 19.1 Å². The molecular formula is C41H56ClN7O7S2. The summed E-state index contributed by atoms with van der Waals surface area (Å²) in [5.74, 6) is 2.59. The highest BCUT2D eigenvalue weighted by atomic mass is 35.7. The van der Waals surface area contributed by atoms with E-state index in [1.807, 2.05) is 12.1 Å². The number of nitrogens with one attached hydrogen (secondary N) is 1. The van der Waals surface area contributed by atoms with E-state index in [4.69, 9.17) is 30.1 Å². The van der Waals surface area contributed by atoms with Crippen LogP contribution in [0.2, 0.25) is 0 Å². The van der Waals surface area contributed by atoms with E-state index in [2.05, 4.69) is 61.1 Å². The zero-order valence-electron chi connectivity index (χ0n) is 34.7. The number of fused-ring (bicyclic) bond motifs is 2. The van der Waals surface area contributed by atoms with Crippen molar-refractivity contribution in [1.82, 2.24) is 33.6 Å². The number of hydrogen-bond donors (Lipinski definition) is 1. The fourth-order valence-corrected chi connectivity index (χ4v) is 9.53. The van der Waals surface area contributed by atoms with Crippen LogP contribution in [0.1, 0.15) is 102 Å². The number of carbonyl (C=O) groups is 1. The summed E-state index contributed by atoms with van der Waals surface area (Å²) in [5.41, 5.74) is 3.42. The fourth-order valence-electron chi connectivity index (χ4n) is 7.56. The molecule has 5 heterocycles. The Labute approximate surface area is 346 Å². The van der Waals surface area contributed by atoms with Gasteiger partial charge in [0.15, 0.2) is 0 Å². The Morgan fingerprint density at radius 2 is 1.22 bits per heavy atom. The Hall–Kier alpha value is -3.83. The van der Waals surface area contributed by atoms with Gasteiger partial charge in [-0.2, -0.15) is 17.6 Å². The summed E-state index contributed by atoms with van der Waals surface area (Å²) in [4.78, 5) is 22.0. The molecule has 17 heteroatoms. The predicted molar refractivity (Wildman–Crippen MR) is 225 cm³/mol. The second-order valence-electron chi connectivity index (χ2n) is 17.3. The molecule has 0 atom stereocenters. The number of hydrogen-bond acceptors (Lipinski definition) is 10. The van der Waals surface area contributed by atoms with Gasteiger partial charge in [-0.05, 0) is 87.8 Å². The summed E-state index contributed by atoms with van der Waals surface area (Å²) in [5, 5.41) is 6.79. The van der Waals surface area contributed by atoms with Crippen LogP contribution in [0.3, 0.4) is 0 Å². The van der Waals surface area contributed by atoms with Crippen molar-refractivity contribution in [3.63, 3.8) is 0 Å². The lowest BCUT2D eigenvalue weighted by atomic mass is 9.94. The first-order valence-electron chi connectivity index (χ1n) is 19.9. The number of imidazole rings is 2. The minimum absolute atomic E-state index is 0.0844. The summed E-state index contributed by atoms with van der Waals surface area (Å²) in [6.07, 6.45) is 5.35. The van der Waals surface area contributed by atoms with Crippen LogP contribution in [0.15, 0.2) is 52.4 Å². The molecule has 58 heavy (non-hydrogen) atoms. The third-order valence-corrected chi connectivity index (χ3v) is 13.5. The maximum absolute atomic E-state index is 13.3. The van der Waals surface area contributed by atoms with Crippen molar-refractivity contribution >= 4 is 57.7 Å². The largest absolute Gasteiger partial charge is 0.381 e. The molecule has 1 N–H and O–H groups in total. The van der Waals surface area contributed by atoms with Crippen molar-refractivity contribution in [2.75, 3.05) is 33.0 Å². The van der Waals surface area contributed by atoms with Crippen LogP contribution in [0.5, 0.6) is 0 Å². The molecule has 316 valence electrons. The molecule has 2 aliphatic heterocycles. The number of halogens is 1. The van der Waals surface area contributed by atoms with E-state index in [1.54, 1.807) is 38.1 Å². The highest BCUT2D eigenvalue weighted by Gasteiger charge is 2.29. The first kappa shape index (κ1) is 43.7. The summed E-state index contributed by atoms with van der Waals surface area (Å²) >= 11 is 0. The second kappa shape index (κ2) is 17.0. The minimum atomic E-state index is -3.99. The van der Waals surface area contributed by atoms with Crippen LogP contribution < -0.4 is 5.32 Å². The summed E-state index contributed by atoms with van der Waals surface area (Å²) in [6.45, 7) is 21.4. The van der Waals surface area contributed by atoms with Gasteiger partial charge < -0.3 is 23.9 Å². The van der Waals surface area contributed by atoms with Crippen molar-refractivity contribution < 1.29 is 31.1 Å². The molecule has 0 radical (unpaired) electrons. The number of nitrogens with zero attached hydrogens (tertiary/aromatic N) is 6. The molecule has 7 rings (SSSR count). The molecule has 14 nitrogen and oxygen atoms in total. The smallest absolute Gasteiger partial charge is 0.283 e. The Balaban J connectivity index is 0.000000208. The van der Waals surface area contributed by atoms with E-state index in [0.29, 0.717) is 35.1 Å². The lowest BCUT2D eigenvalue weighted by Gasteiger charge is -2.26. The lowest BCUT2D eigenvalue weighted by molar-refractivity contribution is 0.0610. The van der Waals surface area contributed by atoms with Crippen molar-refractivity contribution in [3.8, 4) is 0 Å². The number of ether oxygens (including phenoxy) is 2. The number of rotatable bonds is 9. The van der Waals surface area contributed by atoms with Gasteiger partial charge in [0.25, 0.3) is 25.0 Å². The molecule has 3 aromatic heterocycles. The summed E-state index contributed by atoms with van der Waals surface area (Å²) < 4.78 is 66.2.